The highest BCUT2D eigenvalue weighted by atomic mass is 16.5. The highest BCUT2D eigenvalue weighted by Crippen LogP contribution is 2.08. The summed E-state index contributed by atoms with van der Waals surface area (Å²) in [5, 5.41) is 2.55. The molecule has 1 aliphatic rings. The van der Waals surface area contributed by atoms with Crippen LogP contribution >= 0.6 is 0 Å². The Morgan fingerprint density at radius 2 is 2.38 bits per heavy atom. The number of carbonyl (C=O) groups excluding carboxylic acids is 1. The molecular weight excluding hydrogens is 106 g/mol. The molecule has 8 heavy (non-hydrogen) atoms. The van der Waals surface area contributed by atoms with Gasteiger partial charge >= 0.3 is 0 Å². The second kappa shape index (κ2) is 2.13. The van der Waals surface area contributed by atoms with Gasteiger partial charge in [0.05, 0.1) is 19.1 Å². The van der Waals surface area contributed by atoms with E-state index in [1.54, 1.807) is 7.05 Å². The van der Waals surface area contributed by atoms with Gasteiger partial charge in [-0.25, -0.2) is 0 Å². The molecule has 0 saturated carbocycles. The van der Waals surface area contributed by atoms with E-state index in [0.717, 1.165) is 0 Å². The van der Waals surface area contributed by atoms with Gasteiger partial charge in [0.2, 0.25) is 5.91 Å². The Morgan fingerprint density at radius 3 is 2.50 bits per heavy atom. The lowest BCUT2D eigenvalue weighted by molar-refractivity contribution is -0.138. The Labute approximate surface area is 48.0 Å². The van der Waals surface area contributed by atoms with Gasteiger partial charge in [0.1, 0.15) is 0 Å². The normalized spacial score (nSPS) is 19.6. The molecule has 3 heteroatoms. The quantitative estimate of drug-likeness (QED) is 0.494. The fourth-order valence-electron chi connectivity index (χ4n) is 0.591. The molecule has 0 atom stereocenters. The first-order valence-electron chi connectivity index (χ1n) is 2.64. The monoisotopic (exact) mass is 115 g/mol. The van der Waals surface area contributed by atoms with Gasteiger partial charge in [0.25, 0.3) is 0 Å². The number of hydrogen-bond acceptors (Lipinski definition) is 2. The van der Waals surface area contributed by atoms with Crippen LogP contribution in [0.4, 0.5) is 0 Å². The largest absolute Gasteiger partial charge is 0.380 e. The van der Waals surface area contributed by atoms with Crippen molar-refractivity contribution in [2.45, 2.75) is 0 Å². The molecule has 3 nitrogen and oxygen atoms in total. The van der Waals surface area contributed by atoms with Gasteiger partial charge in [-0.2, -0.15) is 0 Å². The van der Waals surface area contributed by atoms with E-state index in [4.69, 9.17) is 4.74 Å². The van der Waals surface area contributed by atoms with E-state index in [-0.39, 0.29) is 11.8 Å². The lowest BCUT2D eigenvalue weighted by atomic mass is 10.1. The summed E-state index contributed by atoms with van der Waals surface area (Å²) < 4.78 is 4.80. The zero-order valence-corrected chi connectivity index (χ0v) is 4.81. The Morgan fingerprint density at radius 1 is 1.75 bits per heavy atom. The van der Waals surface area contributed by atoms with Crippen molar-refractivity contribution < 1.29 is 9.53 Å². The average Bonchev–Trinajstić information content (AvgIpc) is 1.62. The second-order valence-corrected chi connectivity index (χ2v) is 1.85. The molecule has 1 amide bonds. The number of amides is 1. The second-order valence-electron chi connectivity index (χ2n) is 1.85. The van der Waals surface area contributed by atoms with Crippen molar-refractivity contribution in [2.75, 3.05) is 20.3 Å². The standard InChI is InChI=1S/C5H9NO2/c1-6-5(7)4-2-8-3-4/h4H,2-3H2,1H3,(H,6,7). The Balaban J connectivity index is 2.24. The topological polar surface area (TPSA) is 38.3 Å². The molecule has 1 fully saturated rings. The van der Waals surface area contributed by atoms with Crippen molar-refractivity contribution in [1.82, 2.24) is 5.32 Å². The van der Waals surface area contributed by atoms with Crippen LogP contribution in [0.2, 0.25) is 0 Å². The maximum absolute atomic E-state index is 10.6. The SMILES string of the molecule is CNC(=O)C1COC1. The van der Waals surface area contributed by atoms with E-state index in [0.29, 0.717) is 13.2 Å². The highest BCUT2D eigenvalue weighted by molar-refractivity contribution is 5.79. The van der Waals surface area contributed by atoms with Gasteiger partial charge in [-0.1, -0.05) is 0 Å². The molecule has 0 radical (unpaired) electrons. The lowest BCUT2D eigenvalue weighted by Gasteiger charge is -2.23. The first-order chi connectivity index (χ1) is 3.84. The molecule has 0 aliphatic carbocycles. The summed E-state index contributed by atoms with van der Waals surface area (Å²) in [4.78, 5) is 10.6. The number of carbonyl (C=O) groups is 1. The maximum Gasteiger partial charge on any atom is 0.227 e. The van der Waals surface area contributed by atoms with Crippen LogP contribution < -0.4 is 5.32 Å². The number of nitrogens with one attached hydrogen (secondary N) is 1. The molecule has 1 N–H and O–H groups in total. The summed E-state index contributed by atoms with van der Waals surface area (Å²) in [5.41, 5.74) is 0. The van der Waals surface area contributed by atoms with Gasteiger partial charge in [-0.15, -0.1) is 0 Å². The zero-order chi connectivity index (χ0) is 5.98. The van der Waals surface area contributed by atoms with Gasteiger partial charge < -0.3 is 10.1 Å². The zero-order valence-electron chi connectivity index (χ0n) is 4.81. The van der Waals surface area contributed by atoms with Gasteiger partial charge in [0, 0.05) is 7.05 Å². The van der Waals surface area contributed by atoms with Crippen LogP contribution in [0, 0.1) is 5.92 Å². The van der Waals surface area contributed by atoms with Crippen LogP contribution in [0.15, 0.2) is 0 Å². The summed E-state index contributed by atoms with van der Waals surface area (Å²) >= 11 is 0. The summed E-state index contributed by atoms with van der Waals surface area (Å²) in [5.74, 6) is 0.219. The minimum atomic E-state index is 0.0938. The Bertz CT molecular complexity index is 98.6. The summed E-state index contributed by atoms with van der Waals surface area (Å²) in [6.45, 7) is 1.19. The third-order valence-corrected chi connectivity index (χ3v) is 1.26. The van der Waals surface area contributed by atoms with E-state index in [2.05, 4.69) is 5.32 Å². The highest BCUT2D eigenvalue weighted by Gasteiger charge is 2.24. The molecule has 0 bridgehead atoms. The lowest BCUT2D eigenvalue weighted by Crippen LogP contribution is -2.40. The van der Waals surface area contributed by atoms with Crippen LogP contribution in [0.5, 0.6) is 0 Å². The fraction of sp³-hybridized carbons (Fsp3) is 0.800. The Kier molecular flexibility index (Phi) is 1.48. The van der Waals surface area contributed by atoms with Crippen LogP contribution in [0.25, 0.3) is 0 Å². The summed E-state index contributed by atoms with van der Waals surface area (Å²) in [6, 6.07) is 0. The van der Waals surface area contributed by atoms with Crippen molar-refractivity contribution in [3.8, 4) is 0 Å². The van der Waals surface area contributed by atoms with Crippen molar-refractivity contribution >= 4 is 5.91 Å². The summed E-state index contributed by atoms with van der Waals surface area (Å²) in [7, 11) is 1.64. The number of rotatable bonds is 1. The minimum absolute atomic E-state index is 0.0938. The third kappa shape index (κ3) is 0.816. The van der Waals surface area contributed by atoms with E-state index in [1.807, 2.05) is 0 Å². The van der Waals surface area contributed by atoms with Gasteiger partial charge in [-0.3, -0.25) is 4.79 Å². The molecule has 1 aliphatic heterocycles. The van der Waals surface area contributed by atoms with Gasteiger partial charge in [0.15, 0.2) is 0 Å². The van der Waals surface area contributed by atoms with Crippen LogP contribution in [0.1, 0.15) is 0 Å². The van der Waals surface area contributed by atoms with Crippen molar-refractivity contribution in [3.05, 3.63) is 0 Å². The molecule has 0 spiro atoms. The molecule has 0 unspecified atom stereocenters. The predicted molar refractivity (Wildman–Crippen MR) is 28.4 cm³/mol. The van der Waals surface area contributed by atoms with E-state index in [9.17, 15) is 4.79 Å². The molecule has 1 saturated heterocycles. The molecule has 0 aromatic heterocycles. The van der Waals surface area contributed by atoms with Crippen molar-refractivity contribution in [1.29, 1.82) is 0 Å². The first-order valence-corrected chi connectivity index (χ1v) is 2.64. The molecular formula is C5H9NO2. The maximum atomic E-state index is 10.6. The van der Waals surface area contributed by atoms with Gasteiger partial charge in [-0.05, 0) is 0 Å². The molecule has 0 aromatic carbocycles. The first kappa shape index (κ1) is 5.56. The van der Waals surface area contributed by atoms with Crippen LogP contribution in [-0.4, -0.2) is 26.2 Å². The molecule has 1 heterocycles. The van der Waals surface area contributed by atoms with Crippen molar-refractivity contribution in [3.63, 3.8) is 0 Å². The predicted octanol–water partition coefficient (Wildman–Crippen LogP) is -0.621. The average molecular weight is 115 g/mol. The fourth-order valence-corrected chi connectivity index (χ4v) is 0.591. The third-order valence-electron chi connectivity index (χ3n) is 1.26. The van der Waals surface area contributed by atoms with Crippen LogP contribution in [-0.2, 0) is 9.53 Å². The molecule has 1 rings (SSSR count). The number of ether oxygens (including phenoxy) is 1. The number of hydrogen-bond donors (Lipinski definition) is 1. The van der Waals surface area contributed by atoms with E-state index in [1.165, 1.54) is 0 Å². The van der Waals surface area contributed by atoms with E-state index < -0.39 is 0 Å². The minimum Gasteiger partial charge on any atom is -0.380 e. The smallest absolute Gasteiger partial charge is 0.227 e. The van der Waals surface area contributed by atoms with Crippen molar-refractivity contribution in [2.24, 2.45) is 5.92 Å². The van der Waals surface area contributed by atoms with Crippen LogP contribution in [0.3, 0.4) is 0 Å². The Hall–Kier alpha value is -0.570. The van der Waals surface area contributed by atoms with E-state index >= 15 is 0 Å². The summed E-state index contributed by atoms with van der Waals surface area (Å²) in [6.07, 6.45) is 0. The molecule has 0 aromatic rings. The molecule has 46 valence electrons.